The van der Waals surface area contributed by atoms with Gasteiger partial charge in [0.2, 0.25) is 5.65 Å². The van der Waals surface area contributed by atoms with Gasteiger partial charge in [-0.05, 0) is 6.07 Å². The summed E-state index contributed by atoms with van der Waals surface area (Å²) < 4.78 is 1.49. The molecular formula is C8H5N3O3. The lowest BCUT2D eigenvalue weighted by molar-refractivity contribution is -0.383. The van der Waals surface area contributed by atoms with Crippen molar-refractivity contribution < 1.29 is 9.72 Å². The highest BCUT2D eigenvalue weighted by molar-refractivity contribution is 5.86. The number of nitrogens with zero attached hydrogens (tertiary/aromatic N) is 3. The van der Waals surface area contributed by atoms with Crippen LogP contribution in [0.15, 0.2) is 24.7 Å². The maximum Gasteiger partial charge on any atom is 0.322 e. The number of carbonyl (C=O) groups is 1. The number of nitro groups is 1. The number of imidazole rings is 1. The molecule has 0 saturated carbocycles. The minimum atomic E-state index is -0.605. The molecule has 0 spiro atoms. The molecule has 2 aromatic rings. The molecule has 0 saturated heterocycles. The van der Waals surface area contributed by atoms with Crippen LogP contribution >= 0.6 is 0 Å². The molecule has 0 N–H and O–H groups in total. The maximum absolute atomic E-state index is 10.7. The van der Waals surface area contributed by atoms with Crippen LogP contribution in [0.1, 0.15) is 10.4 Å². The Morgan fingerprint density at radius 3 is 2.93 bits per heavy atom. The average Bonchev–Trinajstić information content (AvgIpc) is 2.62. The van der Waals surface area contributed by atoms with Crippen LogP contribution in [-0.4, -0.2) is 20.6 Å². The number of carbonyl (C=O) groups excluding carboxylic acids is 1. The topological polar surface area (TPSA) is 77.5 Å². The minimum absolute atomic E-state index is 0.0358. The smallest absolute Gasteiger partial charge is 0.301 e. The molecule has 2 aromatic heterocycles. The molecule has 0 aliphatic rings. The van der Waals surface area contributed by atoms with E-state index in [-0.39, 0.29) is 16.9 Å². The second-order valence-corrected chi connectivity index (χ2v) is 2.65. The van der Waals surface area contributed by atoms with Crippen molar-refractivity contribution in [2.75, 3.05) is 0 Å². The molecule has 0 aliphatic carbocycles. The summed E-state index contributed by atoms with van der Waals surface area (Å²) in [7, 11) is 0. The zero-order valence-electron chi connectivity index (χ0n) is 6.95. The number of hydrogen-bond acceptors (Lipinski definition) is 4. The van der Waals surface area contributed by atoms with Gasteiger partial charge in [-0.2, -0.15) is 0 Å². The van der Waals surface area contributed by atoms with Crippen molar-refractivity contribution in [1.29, 1.82) is 0 Å². The number of rotatable bonds is 2. The van der Waals surface area contributed by atoms with E-state index in [2.05, 4.69) is 4.98 Å². The molecule has 0 bridgehead atoms. The third-order valence-electron chi connectivity index (χ3n) is 1.88. The molecule has 0 aromatic carbocycles. The minimum Gasteiger partial charge on any atom is -0.301 e. The highest BCUT2D eigenvalue weighted by Gasteiger charge is 2.19. The van der Waals surface area contributed by atoms with Gasteiger partial charge in [0.05, 0.1) is 10.5 Å². The lowest BCUT2D eigenvalue weighted by Crippen LogP contribution is -1.98. The summed E-state index contributed by atoms with van der Waals surface area (Å²) in [4.78, 5) is 24.4. The van der Waals surface area contributed by atoms with Crippen molar-refractivity contribution in [3.63, 3.8) is 0 Å². The fourth-order valence-corrected chi connectivity index (χ4v) is 1.27. The quantitative estimate of drug-likeness (QED) is 0.404. The fraction of sp³-hybridized carbons (Fsp3) is 0. The van der Waals surface area contributed by atoms with Gasteiger partial charge in [0.1, 0.15) is 0 Å². The predicted octanol–water partition coefficient (Wildman–Crippen LogP) is 1.05. The number of hydrogen-bond donors (Lipinski definition) is 0. The largest absolute Gasteiger partial charge is 0.322 e. The van der Waals surface area contributed by atoms with Gasteiger partial charge in [-0.1, -0.05) is 0 Å². The zero-order valence-corrected chi connectivity index (χ0v) is 6.95. The molecule has 6 nitrogen and oxygen atoms in total. The molecule has 70 valence electrons. The lowest BCUT2D eigenvalue weighted by Gasteiger charge is -1.97. The monoisotopic (exact) mass is 191 g/mol. The van der Waals surface area contributed by atoms with Crippen molar-refractivity contribution >= 4 is 17.6 Å². The highest BCUT2D eigenvalue weighted by Crippen LogP contribution is 2.21. The molecule has 0 atom stereocenters. The third kappa shape index (κ3) is 1.05. The van der Waals surface area contributed by atoms with Crippen LogP contribution in [0.4, 0.5) is 5.69 Å². The first-order valence-electron chi connectivity index (χ1n) is 3.79. The Kier molecular flexibility index (Phi) is 1.74. The molecule has 0 aliphatic heterocycles. The van der Waals surface area contributed by atoms with Crippen LogP contribution < -0.4 is 0 Å². The van der Waals surface area contributed by atoms with Crippen LogP contribution in [0.3, 0.4) is 0 Å². The van der Waals surface area contributed by atoms with Crippen LogP contribution in [0, 0.1) is 10.1 Å². The van der Waals surface area contributed by atoms with E-state index in [4.69, 9.17) is 0 Å². The Bertz CT molecular complexity index is 518. The SMILES string of the molecule is O=Cc1ccn2ccnc2c1[N+](=O)[O-]. The van der Waals surface area contributed by atoms with Gasteiger partial charge in [-0.25, -0.2) is 4.98 Å². The van der Waals surface area contributed by atoms with E-state index in [0.717, 1.165) is 0 Å². The van der Waals surface area contributed by atoms with E-state index in [1.165, 1.54) is 16.7 Å². The van der Waals surface area contributed by atoms with Crippen LogP contribution in [-0.2, 0) is 0 Å². The van der Waals surface area contributed by atoms with Gasteiger partial charge >= 0.3 is 5.69 Å². The summed E-state index contributed by atoms with van der Waals surface area (Å²) in [6.07, 6.45) is 5.03. The van der Waals surface area contributed by atoms with Crippen molar-refractivity contribution in [2.24, 2.45) is 0 Å². The van der Waals surface area contributed by atoms with Crippen molar-refractivity contribution in [3.8, 4) is 0 Å². The Labute approximate surface area is 77.9 Å². The summed E-state index contributed by atoms with van der Waals surface area (Å²) in [6, 6.07) is 1.39. The Morgan fingerprint density at radius 1 is 1.50 bits per heavy atom. The van der Waals surface area contributed by atoms with Crippen molar-refractivity contribution in [2.45, 2.75) is 0 Å². The molecule has 0 amide bonds. The van der Waals surface area contributed by atoms with Gasteiger partial charge < -0.3 is 4.40 Å². The summed E-state index contributed by atoms with van der Waals surface area (Å²) in [5.41, 5.74) is -0.0409. The van der Waals surface area contributed by atoms with Crippen LogP contribution in [0.2, 0.25) is 0 Å². The molecule has 0 unspecified atom stereocenters. The molecular weight excluding hydrogens is 186 g/mol. The van der Waals surface area contributed by atoms with E-state index in [9.17, 15) is 14.9 Å². The zero-order chi connectivity index (χ0) is 10.1. The molecule has 6 heteroatoms. The van der Waals surface area contributed by atoms with Crippen molar-refractivity contribution in [3.05, 3.63) is 40.3 Å². The van der Waals surface area contributed by atoms with Gasteiger partial charge in [0.25, 0.3) is 0 Å². The predicted molar refractivity (Wildman–Crippen MR) is 47.2 cm³/mol. The molecule has 0 radical (unpaired) electrons. The average molecular weight is 191 g/mol. The molecule has 14 heavy (non-hydrogen) atoms. The molecule has 2 rings (SSSR count). The number of pyridine rings is 1. The lowest BCUT2D eigenvalue weighted by atomic mass is 10.2. The first-order valence-corrected chi connectivity index (χ1v) is 3.79. The number of fused-ring (bicyclic) bond motifs is 1. The van der Waals surface area contributed by atoms with Gasteiger partial charge in [-0.15, -0.1) is 0 Å². The second-order valence-electron chi connectivity index (χ2n) is 2.65. The Morgan fingerprint density at radius 2 is 2.29 bits per heavy atom. The van der Waals surface area contributed by atoms with E-state index in [1.54, 1.807) is 12.4 Å². The van der Waals surface area contributed by atoms with Gasteiger partial charge in [0, 0.05) is 18.6 Å². The normalized spacial score (nSPS) is 10.3. The van der Waals surface area contributed by atoms with E-state index >= 15 is 0 Å². The summed E-state index contributed by atoms with van der Waals surface area (Å²) in [5.74, 6) is 0. The van der Waals surface area contributed by atoms with Crippen LogP contribution in [0.25, 0.3) is 5.65 Å². The Balaban J connectivity index is 2.88. The van der Waals surface area contributed by atoms with Gasteiger partial charge in [-0.3, -0.25) is 14.9 Å². The van der Waals surface area contributed by atoms with E-state index in [1.807, 2.05) is 0 Å². The number of aldehydes is 1. The summed E-state index contributed by atoms with van der Waals surface area (Å²) >= 11 is 0. The number of aromatic nitrogens is 2. The first kappa shape index (κ1) is 8.36. The van der Waals surface area contributed by atoms with Gasteiger partial charge in [0.15, 0.2) is 6.29 Å². The molecule has 0 fully saturated rings. The van der Waals surface area contributed by atoms with Crippen LogP contribution in [0.5, 0.6) is 0 Å². The fourth-order valence-electron chi connectivity index (χ4n) is 1.27. The summed E-state index contributed by atoms with van der Waals surface area (Å²) in [5, 5.41) is 10.7. The third-order valence-corrected chi connectivity index (χ3v) is 1.88. The maximum atomic E-state index is 10.7. The van der Waals surface area contributed by atoms with E-state index in [0.29, 0.717) is 6.29 Å². The highest BCUT2D eigenvalue weighted by atomic mass is 16.6. The molecule has 2 heterocycles. The van der Waals surface area contributed by atoms with E-state index < -0.39 is 4.92 Å². The first-order chi connectivity index (χ1) is 6.74. The Hall–Kier alpha value is -2.24. The summed E-state index contributed by atoms with van der Waals surface area (Å²) in [6.45, 7) is 0. The van der Waals surface area contributed by atoms with Crippen molar-refractivity contribution in [1.82, 2.24) is 9.38 Å². The second kappa shape index (κ2) is 2.91. The standard InChI is InChI=1S/C8H5N3O3/c12-5-6-1-3-10-4-2-9-8(10)7(6)11(13)14/h1-5H.